The van der Waals surface area contributed by atoms with Crippen molar-refractivity contribution < 1.29 is 26.4 Å². The Kier molecular flexibility index (Phi) is 4.33. The molecule has 0 fully saturated rings. The molecule has 0 aliphatic heterocycles. The highest BCUT2D eigenvalue weighted by Crippen LogP contribution is 2.32. The largest absolute Gasteiger partial charge is 0.416 e. The number of rotatable bonds is 4. The number of anilines is 1. The van der Waals surface area contributed by atoms with Gasteiger partial charge in [-0.25, -0.2) is 8.42 Å². The van der Waals surface area contributed by atoms with Gasteiger partial charge in [0.15, 0.2) is 0 Å². The number of nitrogens with two attached hydrogens (primary N) is 1. The summed E-state index contributed by atoms with van der Waals surface area (Å²) in [6, 6.07) is 2.38. The van der Waals surface area contributed by atoms with E-state index in [2.05, 4.69) is 0 Å². The molecular weight excluding hydrogens is 297 g/mol. The second kappa shape index (κ2) is 5.31. The third-order valence-corrected chi connectivity index (χ3v) is 3.79. The number of benzene rings is 1. The Bertz CT molecular complexity index is 614. The van der Waals surface area contributed by atoms with Gasteiger partial charge in [0, 0.05) is 0 Å². The zero-order chi connectivity index (χ0) is 15.7. The molecular formula is C11H13F3N2O3S. The summed E-state index contributed by atoms with van der Waals surface area (Å²) in [5.74, 6) is -0.965. The van der Waals surface area contributed by atoms with Gasteiger partial charge in [0.2, 0.25) is 15.9 Å². The smallest absolute Gasteiger partial charge is 0.368 e. The van der Waals surface area contributed by atoms with Crippen LogP contribution in [0.3, 0.4) is 0 Å². The summed E-state index contributed by atoms with van der Waals surface area (Å²) in [5.41, 5.74) is 3.74. The van der Waals surface area contributed by atoms with E-state index >= 15 is 0 Å². The Morgan fingerprint density at radius 2 is 1.90 bits per heavy atom. The van der Waals surface area contributed by atoms with E-state index in [1.165, 1.54) is 6.92 Å². The topological polar surface area (TPSA) is 80.5 Å². The lowest BCUT2D eigenvalue weighted by Gasteiger charge is -2.27. The van der Waals surface area contributed by atoms with Gasteiger partial charge >= 0.3 is 6.18 Å². The van der Waals surface area contributed by atoms with E-state index in [9.17, 15) is 26.4 Å². The van der Waals surface area contributed by atoms with Crippen molar-refractivity contribution in [3.05, 3.63) is 29.8 Å². The lowest BCUT2D eigenvalue weighted by molar-refractivity contribution is -0.137. The lowest BCUT2D eigenvalue weighted by Crippen LogP contribution is -2.46. The van der Waals surface area contributed by atoms with E-state index in [4.69, 9.17) is 5.73 Å². The summed E-state index contributed by atoms with van der Waals surface area (Å²) in [6.07, 6.45) is -3.83. The molecule has 0 saturated heterocycles. The second-order valence-corrected chi connectivity index (χ2v) is 6.04. The van der Waals surface area contributed by atoms with Crippen LogP contribution in [-0.2, 0) is 21.0 Å². The molecule has 0 aliphatic carbocycles. The number of hydrogen-bond donors (Lipinski definition) is 1. The summed E-state index contributed by atoms with van der Waals surface area (Å²) < 4.78 is 61.8. The Balaban J connectivity index is 3.40. The van der Waals surface area contributed by atoms with Crippen LogP contribution in [0.15, 0.2) is 24.3 Å². The SMILES string of the molecule is C[C@@H](C(N)=O)N(c1cccc(C(F)(F)F)c1)S(C)(=O)=O. The Labute approximate surface area is 114 Å². The van der Waals surface area contributed by atoms with Crippen molar-refractivity contribution in [3.63, 3.8) is 0 Å². The van der Waals surface area contributed by atoms with Crippen molar-refractivity contribution in [1.29, 1.82) is 0 Å². The zero-order valence-corrected chi connectivity index (χ0v) is 11.5. The maximum atomic E-state index is 12.6. The van der Waals surface area contributed by atoms with E-state index in [-0.39, 0.29) is 5.69 Å². The minimum atomic E-state index is -4.62. The molecule has 1 rings (SSSR count). The second-order valence-electron chi connectivity index (χ2n) is 4.19. The van der Waals surface area contributed by atoms with Gasteiger partial charge in [0.05, 0.1) is 17.5 Å². The molecule has 0 saturated carbocycles. The van der Waals surface area contributed by atoms with Crippen molar-refractivity contribution in [2.24, 2.45) is 5.73 Å². The fourth-order valence-electron chi connectivity index (χ4n) is 1.64. The van der Waals surface area contributed by atoms with Crippen LogP contribution in [0.25, 0.3) is 0 Å². The highest BCUT2D eigenvalue weighted by Gasteiger charge is 2.33. The number of amides is 1. The van der Waals surface area contributed by atoms with Crippen molar-refractivity contribution in [2.45, 2.75) is 19.1 Å². The molecule has 0 heterocycles. The third kappa shape index (κ3) is 3.62. The van der Waals surface area contributed by atoms with Crippen LogP contribution in [0, 0.1) is 0 Å². The van der Waals surface area contributed by atoms with Crippen LogP contribution in [0.1, 0.15) is 12.5 Å². The summed E-state index contributed by atoms with van der Waals surface area (Å²) in [4.78, 5) is 11.1. The molecule has 1 aromatic carbocycles. The number of sulfonamides is 1. The number of alkyl halides is 3. The van der Waals surface area contributed by atoms with E-state index in [0.29, 0.717) is 10.4 Å². The van der Waals surface area contributed by atoms with Crippen LogP contribution in [-0.4, -0.2) is 26.6 Å². The maximum absolute atomic E-state index is 12.6. The monoisotopic (exact) mass is 310 g/mol. The average molecular weight is 310 g/mol. The molecule has 0 aliphatic rings. The van der Waals surface area contributed by atoms with E-state index < -0.39 is 33.7 Å². The normalized spacial score (nSPS) is 13.8. The standard InChI is InChI=1S/C11H13F3N2O3S/c1-7(10(15)17)16(20(2,18)19)9-5-3-4-8(6-9)11(12,13)14/h3-7H,1-2H3,(H2,15,17)/t7-/m0/s1. The van der Waals surface area contributed by atoms with Crippen molar-refractivity contribution >= 4 is 21.6 Å². The zero-order valence-electron chi connectivity index (χ0n) is 10.7. The molecule has 1 aromatic rings. The van der Waals surface area contributed by atoms with E-state index in [0.717, 1.165) is 24.5 Å². The number of halogens is 3. The average Bonchev–Trinajstić information content (AvgIpc) is 2.26. The minimum absolute atomic E-state index is 0.270. The summed E-state index contributed by atoms with van der Waals surface area (Å²) in [5, 5.41) is 0. The van der Waals surface area contributed by atoms with Crippen molar-refractivity contribution in [1.82, 2.24) is 0 Å². The molecule has 0 spiro atoms. The van der Waals surface area contributed by atoms with Crippen molar-refractivity contribution in [3.8, 4) is 0 Å². The van der Waals surface area contributed by atoms with Gasteiger partial charge in [0.25, 0.3) is 0 Å². The van der Waals surface area contributed by atoms with Gasteiger partial charge in [-0.1, -0.05) is 6.07 Å². The van der Waals surface area contributed by atoms with Crippen LogP contribution >= 0.6 is 0 Å². The molecule has 0 aromatic heterocycles. The van der Waals surface area contributed by atoms with Gasteiger partial charge in [-0.05, 0) is 25.1 Å². The lowest BCUT2D eigenvalue weighted by atomic mass is 10.2. The molecule has 0 unspecified atom stereocenters. The van der Waals surface area contributed by atoms with Crippen LogP contribution < -0.4 is 10.0 Å². The fourth-order valence-corrected chi connectivity index (χ4v) is 2.81. The first-order valence-corrected chi connectivity index (χ1v) is 7.25. The van der Waals surface area contributed by atoms with E-state index in [1.807, 2.05) is 0 Å². The molecule has 0 radical (unpaired) electrons. The first kappa shape index (κ1) is 16.3. The Morgan fingerprint density at radius 3 is 2.30 bits per heavy atom. The van der Waals surface area contributed by atoms with Crippen LogP contribution in [0.2, 0.25) is 0 Å². The van der Waals surface area contributed by atoms with Crippen molar-refractivity contribution in [2.75, 3.05) is 10.6 Å². The minimum Gasteiger partial charge on any atom is -0.368 e. The highest BCUT2D eigenvalue weighted by atomic mass is 32.2. The summed E-state index contributed by atoms with van der Waals surface area (Å²) in [6.45, 7) is 1.20. The molecule has 5 nitrogen and oxygen atoms in total. The number of carbonyl (C=O) groups is 1. The third-order valence-electron chi connectivity index (χ3n) is 2.55. The maximum Gasteiger partial charge on any atom is 0.416 e. The first-order valence-electron chi connectivity index (χ1n) is 5.40. The van der Waals surface area contributed by atoms with Gasteiger partial charge in [-0.15, -0.1) is 0 Å². The van der Waals surface area contributed by atoms with Gasteiger partial charge in [0.1, 0.15) is 6.04 Å². The van der Waals surface area contributed by atoms with Crippen LogP contribution in [0.5, 0.6) is 0 Å². The quantitative estimate of drug-likeness (QED) is 0.911. The molecule has 0 bridgehead atoms. The summed E-state index contributed by atoms with van der Waals surface area (Å²) in [7, 11) is -3.96. The molecule has 9 heteroatoms. The highest BCUT2D eigenvalue weighted by molar-refractivity contribution is 7.92. The molecule has 1 amide bonds. The van der Waals surface area contributed by atoms with E-state index in [1.54, 1.807) is 0 Å². The number of carbonyl (C=O) groups excluding carboxylic acids is 1. The molecule has 2 N–H and O–H groups in total. The number of primary amides is 1. The number of hydrogen-bond acceptors (Lipinski definition) is 3. The Hall–Kier alpha value is -1.77. The fraction of sp³-hybridized carbons (Fsp3) is 0.364. The first-order chi connectivity index (χ1) is 8.94. The van der Waals surface area contributed by atoms with Crippen LogP contribution in [0.4, 0.5) is 18.9 Å². The van der Waals surface area contributed by atoms with Gasteiger partial charge < -0.3 is 5.73 Å². The summed E-state index contributed by atoms with van der Waals surface area (Å²) >= 11 is 0. The molecule has 1 atom stereocenters. The molecule has 112 valence electrons. The van der Waals surface area contributed by atoms with Gasteiger partial charge in [-0.3, -0.25) is 9.10 Å². The predicted molar refractivity (Wildman–Crippen MR) is 67.4 cm³/mol. The number of nitrogens with zero attached hydrogens (tertiary/aromatic N) is 1. The molecule has 20 heavy (non-hydrogen) atoms. The predicted octanol–water partition coefficient (Wildman–Crippen LogP) is 1.35. The Morgan fingerprint density at radius 1 is 1.35 bits per heavy atom. The van der Waals surface area contributed by atoms with Gasteiger partial charge in [-0.2, -0.15) is 13.2 Å².